The quantitative estimate of drug-likeness (QED) is 0.414. The van der Waals surface area contributed by atoms with Crippen LogP contribution in [0.1, 0.15) is 66.6 Å². The van der Waals surface area contributed by atoms with E-state index in [4.69, 9.17) is 9.15 Å². The summed E-state index contributed by atoms with van der Waals surface area (Å²) in [5.41, 5.74) is 2.38. The van der Waals surface area contributed by atoms with Crippen molar-refractivity contribution >= 4 is 21.8 Å². The second kappa shape index (κ2) is 9.79. The number of carbonyl (C=O) groups is 1. The van der Waals surface area contributed by atoms with E-state index < -0.39 is 0 Å². The molecule has 29 heavy (non-hydrogen) atoms. The minimum Gasteiger partial charge on any atom is -0.484 e. The monoisotopic (exact) mass is 455 g/mol. The van der Waals surface area contributed by atoms with Gasteiger partial charge in [0.1, 0.15) is 18.1 Å². The fraction of sp³-hybridized carbons (Fsp3) is 0.292. The first-order valence-corrected chi connectivity index (χ1v) is 10.6. The van der Waals surface area contributed by atoms with Crippen LogP contribution >= 0.6 is 15.9 Å². The van der Waals surface area contributed by atoms with E-state index in [1.807, 2.05) is 24.3 Å². The lowest BCUT2D eigenvalue weighted by atomic mass is 9.98. The maximum absolute atomic E-state index is 12.7. The first-order chi connectivity index (χ1) is 14.0. The van der Waals surface area contributed by atoms with Crippen LogP contribution in [0.4, 0.5) is 0 Å². The molecule has 1 atom stereocenters. The van der Waals surface area contributed by atoms with Gasteiger partial charge >= 0.3 is 0 Å². The van der Waals surface area contributed by atoms with E-state index in [1.54, 1.807) is 12.1 Å². The molecule has 5 heteroatoms. The lowest BCUT2D eigenvalue weighted by Crippen LogP contribution is -2.27. The number of furan rings is 1. The minimum atomic E-state index is -0.225. The van der Waals surface area contributed by atoms with Gasteiger partial charge in [0.05, 0.1) is 10.5 Å². The first-order valence-electron chi connectivity index (χ1n) is 9.84. The highest BCUT2D eigenvalue weighted by atomic mass is 79.9. The zero-order valence-corrected chi connectivity index (χ0v) is 18.5. The van der Waals surface area contributed by atoms with Gasteiger partial charge < -0.3 is 14.5 Å². The van der Waals surface area contributed by atoms with Crippen LogP contribution in [0.5, 0.6) is 5.75 Å². The van der Waals surface area contributed by atoms with Crippen LogP contribution in [0.3, 0.4) is 0 Å². The van der Waals surface area contributed by atoms with Crippen molar-refractivity contribution in [3.8, 4) is 5.75 Å². The molecular weight excluding hydrogens is 430 g/mol. The Bertz CT molecular complexity index is 947. The molecule has 0 bridgehead atoms. The van der Waals surface area contributed by atoms with Crippen LogP contribution in [0, 0.1) is 0 Å². The van der Waals surface area contributed by atoms with Gasteiger partial charge in [0, 0.05) is 0 Å². The highest BCUT2D eigenvalue weighted by molar-refractivity contribution is 9.10. The van der Waals surface area contributed by atoms with Gasteiger partial charge in [-0.1, -0.05) is 57.2 Å². The largest absolute Gasteiger partial charge is 0.484 e. The Hall–Kier alpha value is -2.53. The smallest absolute Gasteiger partial charge is 0.287 e. The Balaban J connectivity index is 1.62. The summed E-state index contributed by atoms with van der Waals surface area (Å²) in [6, 6.07) is 19.4. The Morgan fingerprint density at radius 3 is 2.38 bits per heavy atom. The third-order valence-corrected chi connectivity index (χ3v) is 5.47. The van der Waals surface area contributed by atoms with E-state index in [9.17, 15) is 4.79 Å². The van der Waals surface area contributed by atoms with Crippen LogP contribution in [0.15, 0.2) is 69.6 Å². The van der Waals surface area contributed by atoms with Gasteiger partial charge in [-0.25, -0.2) is 0 Å². The fourth-order valence-corrected chi connectivity index (χ4v) is 3.45. The predicted molar refractivity (Wildman–Crippen MR) is 118 cm³/mol. The first kappa shape index (κ1) is 21.2. The molecule has 1 heterocycles. The van der Waals surface area contributed by atoms with Gasteiger partial charge in [0.15, 0.2) is 5.76 Å². The Labute approximate surface area is 180 Å². The van der Waals surface area contributed by atoms with Crippen molar-refractivity contribution < 1.29 is 13.9 Å². The SMILES string of the molecule is CCC(NC(=O)c1ccc(COc2ccccc2Br)o1)c1ccc(C(C)C)cc1. The van der Waals surface area contributed by atoms with Crippen LogP contribution in [0.2, 0.25) is 0 Å². The summed E-state index contributed by atoms with van der Waals surface area (Å²) in [5.74, 6) is 1.87. The molecule has 1 unspecified atom stereocenters. The summed E-state index contributed by atoms with van der Waals surface area (Å²) in [6.07, 6.45) is 0.797. The predicted octanol–water partition coefficient (Wildman–Crippen LogP) is 6.63. The number of amides is 1. The molecule has 0 aliphatic heterocycles. The van der Waals surface area contributed by atoms with Gasteiger partial charge in [-0.2, -0.15) is 0 Å². The van der Waals surface area contributed by atoms with Crippen molar-refractivity contribution in [3.05, 3.63) is 87.8 Å². The molecule has 152 valence electrons. The average Bonchev–Trinajstić information content (AvgIpc) is 3.20. The Morgan fingerprint density at radius 2 is 1.72 bits per heavy atom. The molecule has 0 fully saturated rings. The number of rotatable bonds is 8. The zero-order valence-electron chi connectivity index (χ0n) is 16.9. The van der Waals surface area contributed by atoms with Crippen LogP contribution in [0.25, 0.3) is 0 Å². The van der Waals surface area contributed by atoms with E-state index in [1.165, 1.54) is 5.56 Å². The summed E-state index contributed by atoms with van der Waals surface area (Å²) in [6.45, 7) is 6.65. The third kappa shape index (κ3) is 5.51. The normalized spacial score (nSPS) is 12.0. The molecule has 1 aromatic heterocycles. The third-order valence-electron chi connectivity index (χ3n) is 4.81. The molecule has 0 radical (unpaired) electrons. The number of carbonyl (C=O) groups excluding carboxylic acids is 1. The molecule has 3 rings (SSSR count). The van der Waals surface area contributed by atoms with E-state index >= 15 is 0 Å². The standard InChI is InChI=1S/C24H26BrNO3/c1-4-21(18-11-9-17(10-12-18)16(2)3)26-24(27)23-14-13-19(29-23)15-28-22-8-6-5-7-20(22)25/h5-14,16,21H,4,15H2,1-3H3,(H,26,27). The van der Waals surface area contributed by atoms with Gasteiger partial charge in [0.2, 0.25) is 0 Å². The summed E-state index contributed by atoms with van der Waals surface area (Å²) in [4.78, 5) is 12.7. The van der Waals surface area contributed by atoms with E-state index in [2.05, 4.69) is 66.3 Å². The van der Waals surface area contributed by atoms with Crippen LogP contribution in [-0.4, -0.2) is 5.91 Å². The Kier molecular flexibility index (Phi) is 7.15. The summed E-state index contributed by atoms with van der Waals surface area (Å²) < 4.78 is 12.3. The van der Waals surface area contributed by atoms with E-state index in [0.717, 1.165) is 22.2 Å². The molecule has 0 aliphatic rings. The summed E-state index contributed by atoms with van der Waals surface area (Å²) >= 11 is 3.45. The number of halogens is 1. The summed E-state index contributed by atoms with van der Waals surface area (Å²) in [7, 11) is 0. The average molecular weight is 456 g/mol. The number of hydrogen-bond donors (Lipinski definition) is 1. The zero-order chi connectivity index (χ0) is 20.8. The molecule has 4 nitrogen and oxygen atoms in total. The summed E-state index contributed by atoms with van der Waals surface area (Å²) in [5, 5.41) is 3.06. The van der Waals surface area contributed by atoms with Crippen LogP contribution < -0.4 is 10.1 Å². The molecule has 3 aromatic rings. The number of benzene rings is 2. The highest BCUT2D eigenvalue weighted by Crippen LogP contribution is 2.25. The number of ether oxygens (including phenoxy) is 1. The van der Waals surface area contributed by atoms with Crippen molar-refractivity contribution in [1.29, 1.82) is 0 Å². The second-order valence-corrected chi connectivity index (χ2v) is 8.10. The lowest BCUT2D eigenvalue weighted by molar-refractivity contribution is 0.0903. The molecule has 0 saturated carbocycles. The van der Waals surface area contributed by atoms with Crippen molar-refractivity contribution in [3.63, 3.8) is 0 Å². The minimum absolute atomic E-state index is 0.0613. The van der Waals surface area contributed by atoms with Gasteiger partial charge in [-0.05, 0) is 63.7 Å². The molecule has 2 aromatic carbocycles. The topological polar surface area (TPSA) is 51.5 Å². The van der Waals surface area contributed by atoms with Gasteiger partial charge in [-0.15, -0.1) is 0 Å². The maximum atomic E-state index is 12.7. The molecule has 0 saturated heterocycles. The van der Waals surface area contributed by atoms with Crippen molar-refractivity contribution in [2.45, 2.75) is 45.8 Å². The second-order valence-electron chi connectivity index (χ2n) is 7.24. The highest BCUT2D eigenvalue weighted by Gasteiger charge is 2.17. The van der Waals surface area contributed by atoms with Crippen molar-refractivity contribution in [2.75, 3.05) is 0 Å². The van der Waals surface area contributed by atoms with E-state index in [-0.39, 0.29) is 24.3 Å². The molecule has 0 spiro atoms. The molecule has 1 amide bonds. The van der Waals surface area contributed by atoms with Gasteiger partial charge in [-0.3, -0.25) is 4.79 Å². The van der Waals surface area contributed by atoms with Crippen molar-refractivity contribution in [1.82, 2.24) is 5.32 Å². The lowest BCUT2D eigenvalue weighted by Gasteiger charge is -2.17. The van der Waals surface area contributed by atoms with Crippen LogP contribution in [-0.2, 0) is 6.61 Å². The van der Waals surface area contributed by atoms with Gasteiger partial charge in [0.25, 0.3) is 5.91 Å². The number of para-hydroxylation sites is 1. The number of nitrogens with one attached hydrogen (secondary N) is 1. The molecule has 1 N–H and O–H groups in total. The van der Waals surface area contributed by atoms with E-state index in [0.29, 0.717) is 11.7 Å². The Morgan fingerprint density at radius 1 is 1.03 bits per heavy atom. The molecule has 0 aliphatic carbocycles. The molecular formula is C24H26BrNO3. The fourth-order valence-electron chi connectivity index (χ4n) is 3.05. The van der Waals surface area contributed by atoms with Crippen molar-refractivity contribution in [2.24, 2.45) is 0 Å². The maximum Gasteiger partial charge on any atom is 0.287 e. The number of hydrogen-bond acceptors (Lipinski definition) is 3.